The molecule has 0 bridgehead atoms. The van der Waals surface area contributed by atoms with Crippen LogP contribution >= 0.6 is 0 Å². The van der Waals surface area contributed by atoms with Gasteiger partial charge in [0.25, 0.3) is 0 Å². The number of benzene rings is 1. The minimum atomic E-state index is -0.892. The average molecular weight is 199 g/mol. The van der Waals surface area contributed by atoms with Gasteiger partial charge in [-0.3, -0.25) is 0 Å². The average Bonchev–Trinajstić information content (AvgIpc) is 2.10. The number of nitrogens with one attached hydrogen (secondary N) is 1. The predicted molar refractivity (Wildman–Crippen MR) is 48.4 cm³/mol. The van der Waals surface area contributed by atoms with Crippen LogP contribution in [0.4, 0.5) is 8.78 Å². The Morgan fingerprint density at radius 2 is 2.00 bits per heavy atom. The van der Waals surface area contributed by atoms with Crippen LogP contribution in [0.5, 0.6) is 5.75 Å². The molecular weight excluding hydrogens is 188 g/mol. The van der Waals surface area contributed by atoms with E-state index in [0.29, 0.717) is 18.7 Å². The van der Waals surface area contributed by atoms with E-state index in [9.17, 15) is 8.78 Å². The molecule has 0 amide bonds. The largest absolute Gasteiger partial charge is 0.485 e. The summed E-state index contributed by atoms with van der Waals surface area (Å²) in [4.78, 5) is 0. The Hall–Kier alpha value is -1.16. The fraction of sp³-hybridized carbons (Fsp3) is 0.400. The molecule has 4 heteroatoms. The molecule has 2 nitrogen and oxygen atoms in total. The first-order valence-electron chi connectivity index (χ1n) is 4.50. The van der Waals surface area contributed by atoms with E-state index in [2.05, 4.69) is 5.32 Å². The van der Waals surface area contributed by atoms with Crippen molar-refractivity contribution in [3.8, 4) is 5.75 Å². The van der Waals surface area contributed by atoms with Crippen molar-refractivity contribution in [2.45, 2.75) is 13.0 Å². The first kappa shape index (κ1) is 9.40. The summed E-state index contributed by atoms with van der Waals surface area (Å²) in [5.74, 6) is -1.72. The second-order valence-electron chi connectivity index (χ2n) is 3.41. The summed E-state index contributed by atoms with van der Waals surface area (Å²) in [7, 11) is 0. The van der Waals surface area contributed by atoms with E-state index in [1.165, 1.54) is 19.1 Å². The number of rotatable bonds is 2. The standard InChI is InChI=1S/C10H11F2NO/c1-6-2-3-8(10(12)9(6)11)14-7-4-13-5-7/h2-3,7,13H,4-5H2,1H3. The van der Waals surface area contributed by atoms with Crippen molar-refractivity contribution in [2.75, 3.05) is 13.1 Å². The van der Waals surface area contributed by atoms with Gasteiger partial charge in [0, 0.05) is 13.1 Å². The van der Waals surface area contributed by atoms with Crippen molar-refractivity contribution in [2.24, 2.45) is 0 Å². The smallest absolute Gasteiger partial charge is 0.200 e. The van der Waals surface area contributed by atoms with Crippen LogP contribution in [0.1, 0.15) is 5.56 Å². The molecule has 1 heterocycles. The SMILES string of the molecule is Cc1ccc(OC2CNC2)c(F)c1F. The third-order valence-corrected chi connectivity index (χ3v) is 2.28. The van der Waals surface area contributed by atoms with Gasteiger partial charge in [0.05, 0.1) is 0 Å². The van der Waals surface area contributed by atoms with Gasteiger partial charge in [-0.2, -0.15) is 4.39 Å². The molecule has 0 spiro atoms. The fourth-order valence-corrected chi connectivity index (χ4v) is 1.24. The van der Waals surface area contributed by atoms with Crippen LogP contribution in [0.2, 0.25) is 0 Å². The van der Waals surface area contributed by atoms with Crippen LogP contribution in [0.3, 0.4) is 0 Å². The van der Waals surface area contributed by atoms with Gasteiger partial charge in [-0.1, -0.05) is 6.07 Å². The minimum absolute atomic E-state index is 0.000370. The van der Waals surface area contributed by atoms with Gasteiger partial charge in [-0.05, 0) is 18.6 Å². The monoisotopic (exact) mass is 199 g/mol. The van der Waals surface area contributed by atoms with E-state index in [0.717, 1.165) is 0 Å². The third kappa shape index (κ3) is 1.57. The summed E-state index contributed by atoms with van der Waals surface area (Å²) in [5, 5.41) is 2.99. The zero-order valence-electron chi connectivity index (χ0n) is 7.81. The molecule has 1 aromatic rings. The summed E-state index contributed by atoms with van der Waals surface area (Å²) in [6, 6.07) is 2.98. The topological polar surface area (TPSA) is 21.3 Å². The Labute approximate surface area is 80.9 Å². The molecule has 1 N–H and O–H groups in total. The van der Waals surface area contributed by atoms with E-state index < -0.39 is 11.6 Å². The lowest BCUT2D eigenvalue weighted by Gasteiger charge is -2.28. The summed E-state index contributed by atoms with van der Waals surface area (Å²) in [6.45, 7) is 2.90. The Bertz CT molecular complexity index is 350. The molecule has 0 aliphatic carbocycles. The maximum absolute atomic E-state index is 13.3. The van der Waals surface area contributed by atoms with E-state index in [-0.39, 0.29) is 11.9 Å². The molecule has 0 saturated carbocycles. The summed E-state index contributed by atoms with van der Waals surface area (Å²) in [6.07, 6.45) is -0.0355. The molecule has 1 fully saturated rings. The van der Waals surface area contributed by atoms with Crippen molar-refractivity contribution < 1.29 is 13.5 Å². The maximum atomic E-state index is 13.3. The summed E-state index contributed by atoms with van der Waals surface area (Å²) in [5.41, 5.74) is 0.293. The van der Waals surface area contributed by atoms with Gasteiger partial charge in [0.2, 0.25) is 5.82 Å². The van der Waals surface area contributed by atoms with E-state index in [1.54, 1.807) is 0 Å². The molecule has 1 aromatic carbocycles. The molecule has 1 aliphatic rings. The zero-order valence-corrected chi connectivity index (χ0v) is 7.81. The molecule has 1 aliphatic heterocycles. The minimum Gasteiger partial charge on any atom is -0.485 e. The number of hydrogen-bond acceptors (Lipinski definition) is 2. The van der Waals surface area contributed by atoms with Gasteiger partial charge in [0.1, 0.15) is 6.10 Å². The highest BCUT2D eigenvalue weighted by Crippen LogP contribution is 2.23. The summed E-state index contributed by atoms with van der Waals surface area (Å²) < 4.78 is 31.6. The molecule has 2 rings (SSSR count). The van der Waals surface area contributed by atoms with E-state index >= 15 is 0 Å². The first-order valence-corrected chi connectivity index (χ1v) is 4.50. The van der Waals surface area contributed by atoms with Gasteiger partial charge < -0.3 is 10.1 Å². The predicted octanol–water partition coefficient (Wildman–Crippen LogP) is 1.62. The Balaban J connectivity index is 2.20. The number of ether oxygens (including phenoxy) is 1. The molecular formula is C10H11F2NO. The van der Waals surface area contributed by atoms with Crippen molar-refractivity contribution in [3.63, 3.8) is 0 Å². The van der Waals surface area contributed by atoms with Crippen LogP contribution in [0, 0.1) is 18.6 Å². The van der Waals surface area contributed by atoms with Crippen LogP contribution < -0.4 is 10.1 Å². The Kier molecular flexibility index (Phi) is 2.37. The van der Waals surface area contributed by atoms with Crippen molar-refractivity contribution in [1.29, 1.82) is 0 Å². The molecule has 1 saturated heterocycles. The Morgan fingerprint density at radius 1 is 1.29 bits per heavy atom. The van der Waals surface area contributed by atoms with Crippen molar-refractivity contribution in [1.82, 2.24) is 5.32 Å². The lowest BCUT2D eigenvalue weighted by molar-refractivity contribution is 0.135. The second-order valence-corrected chi connectivity index (χ2v) is 3.41. The molecule has 0 atom stereocenters. The number of aryl methyl sites for hydroxylation is 1. The van der Waals surface area contributed by atoms with Crippen LogP contribution in [-0.2, 0) is 0 Å². The maximum Gasteiger partial charge on any atom is 0.200 e. The lowest BCUT2D eigenvalue weighted by atomic mass is 10.2. The second kappa shape index (κ2) is 3.53. The highest BCUT2D eigenvalue weighted by molar-refractivity contribution is 5.30. The first-order chi connectivity index (χ1) is 6.68. The van der Waals surface area contributed by atoms with Crippen LogP contribution in [0.25, 0.3) is 0 Å². The van der Waals surface area contributed by atoms with Crippen molar-refractivity contribution >= 4 is 0 Å². The molecule has 76 valence electrons. The molecule has 14 heavy (non-hydrogen) atoms. The summed E-state index contributed by atoms with van der Waals surface area (Å²) >= 11 is 0. The molecule has 0 aromatic heterocycles. The van der Waals surface area contributed by atoms with Crippen LogP contribution in [0.15, 0.2) is 12.1 Å². The van der Waals surface area contributed by atoms with Gasteiger partial charge >= 0.3 is 0 Å². The van der Waals surface area contributed by atoms with Gasteiger partial charge in [-0.25, -0.2) is 4.39 Å². The third-order valence-electron chi connectivity index (χ3n) is 2.28. The quantitative estimate of drug-likeness (QED) is 0.781. The highest BCUT2D eigenvalue weighted by Gasteiger charge is 2.21. The molecule has 0 radical (unpaired) electrons. The number of hydrogen-bond donors (Lipinski definition) is 1. The number of halogens is 2. The van der Waals surface area contributed by atoms with Crippen molar-refractivity contribution in [3.05, 3.63) is 29.3 Å². The highest BCUT2D eigenvalue weighted by atomic mass is 19.2. The zero-order chi connectivity index (χ0) is 10.1. The fourth-order valence-electron chi connectivity index (χ4n) is 1.24. The normalized spacial score (nSPS) is 16.5. The van der Waals surface area contributed by atoms with Gasteiger partial charge in [-0.15, -0.1) is 0 Å². The van der Waals surface area contributed by atoms with Crippen LogP contribution in [-0.4, -0.2) is 19.2 Å². The molecule has 0 unspecified atom stereocenters. The lowest BCUT2D eigenvalue weighted by Crippen LogP contribution is -2.50. The van der Waals surface area contributed by atoms with Gasteiger partial charge in [0.15, 0.2) is 11.6 Å². The Morgan fingerprint density at radius 3 is 2.57 bits per heavy atom. The van der Waals surface area contributed by atoms with E-state index in [4.69, 9.17) is 4.74 Å². The van der Waals surface area contributed by atoms with E-state index in [1.807, 2.05) is 0 Å².